The molecule has 0 bridgehead atoms. The van der Waals surface area contributed by atoms with E-state index in [1.807, 2.05) is 25.3 Å². The summed E-state index contributed by atoms with van der Waals surface area (Å²) in [7, 11) is 0. The molecular formula is C11H17N3O. The van der Waals surface area contributed by atoms with Gasteiger partial charge < -0.3 is 11.1 Å². The van der Waals surface area contributed by atoms with E-state index in [0.717, 1.165) is 13.0 Å². The van der Waals surface area contributed by atoms with Gasteiger partial charge >= 0.3 is 0 Å². The molecule has 1 aromatic rings. The Kier molecular flexibility index (Phi) is 4.77. The van der Waals surface area contributed by atoms with Gasteiger partial charge in [-0.1, -0.05) is 6.07 Å². The summed E-state index contributed by atoms with van der Waals surface area (Å²) in [5.41, 5.74) is 6.28. The first kappa shape index (κ1) is 11.7. The minimum Gasteiger partial charge on any atom is -0.370 e. The number of nitrogens with two attached hydrogens (primary N) is 1. The summed E-state index contributed by atoms with van der Waals surface area (Å²) in [5.74, 6) is -0.267. The van der Waals surface area contributed by atoms with E-state index in [9.17, 15) is 4.79 Å². The molecular weight excluding hydrogens is 190 g/mol. The van der Waals surface area contributed by atoms with Crippen LogP contribution in [0.5, 0.6) is 0 Å². The molecule has 1 aromatic heterocycles. The minimum absolute atomic E-state index is 0.138. The maximum Gasteiger partial charge on any atom is 0.218 e. The van der Waals surface area contributed by atoms with Gasteiger partial charge in [0.25, 0.3) is 0 Å². The molecule has 0 aliphatic carbocycles. The molecule has 1 amide bonds. The number of hydrogen-bond acceptors (Lipinski definition) is 3. The average Bonchev–Trinajstić information content (AvgIpc) is 2.18. The van der Waals surface area contributed by atoms with E-state index in [1.54, 1.807) is 6.20 Å². The second-order valence-electron chi connectivity index (χ2n) is 3.64. The van der Waals surface area contributed by atoms with Crippen LogP contribution in [-0.4, -0.2) is 23.5 Å². The van der Waals surface area contributed by atoms with E-state index in [0.29, 0.717) is 6.42 Å². The van der Waals surface area contributed by atoms with Gasteiger partial charge in [0.1, 0.15) is 0 Å². The summed E-state index contributed by atoms with van der Waals surface area (Å²) in [6, 6.07) is 4.09. The fourth-order valence-corrected chi connectivity index (χ4v) is 1.38. The molecule has 0 spiro atoms. The van der Waals surface area contributed by atoms with Gasteiger partial charge in [0.2, 0.25) is 5.91 Å². The number of nitrogens with zero attached hydrogens (tertiary/aromatic N) is 1. The van der Waals surface area contributed by atoms with Crippen LogP contribution in [0.4, 0.5) is 0 Å². The summed E-state index contributed by atoms with van der Waals surface area (Å²) in [6.07, 6.45) is 4.90. The lowest BCUT2D eigenvalue weighted by atomic mass is 10.2. The van der Waals surface area contributed by atoms with Crippen molar-refractivity contribution in [2.24, 2.45) is 5.73 Å². The Morgan fingerprint density at radius 3 is 3.07 bits per heavy atom. The molecule has 0 saturated carbocycles. The van der Waals surface area contributed by atoms with Crippen molar-refractivity contribution in [3.05, 3.63) is 30.1 Å². The largest absolute Gasteiger partial charge is 0.370 e. The second-order valence-corrected chi connectivity index (χ2v) is 3.64. The molecule has 0 aromatic carbocycles. The smallest absolute Gasteiger partial charge is 0.218 e. The van der Waals surface area contributed by atoms with E-state index in [-0.39, 0.29) is 11.9 Å². The van der Waals surface area contributed by atoms with Crippen LogP contribution in [0.1, 0.15) is 18.9 Å². The molecule has 0 aliphatic heterocycles. The highest BCUT2D eigenvalue weighted by atomic mass is 16.1. The highest BCUT2D eigenvalue weighted by Gasteiger charge is 2.04. The van der Waals surface area contributed by atoms with Crippen LogP contribution in [0.2, 0.25) is 0 Å². The number of amides is 1. The van der Waals surface area contributed by atoms with Crippen LogP contribution in [0.15, 0.2) is 24.5 Å². The summed E-state index contributed by atoms with van der Waals surface area (Å²) in [6.45, 7) is 2.79. The van der Waals surface area contributed by atoms with Gasteiger partial charge in [0, 0.05) is 24.9 Å². The first-order valence-corrected chi connectivity index (χ1v) is 5.09. The van der Waals surface area contributed by atoms with Crippen molar-refractivity contribution in [2.45, 2.75) is 25.8 Å². The average molecular weight is 207 g/mol. The van der Waals surface area contributed by atoms with Gasteiger partial charge in [0.05, 0.1) is 0 Å². The summed E-state index contributed by atoms with van der Waals surface area (Å²) in [5, 5.41) is 3.23. The first-order valence-electron chi connectivity index (χ1n) is 5.09. The van der Waals surface area contributed by atoms with Crippen LogP contribution in [0.25, 0.3) is 0 Å². The Morgan fingerprint density at radius 1 is 1.67 bits per heavy atom. The fraction of sp³-hybridized carbons (Fsp3) is 0.455. The maximum atomic E-state index is 10.6. The SMILES string of the molecule is CC(CC(N)=O)NCCc1cccnc1. The van der Waals surface area contributed by atoms with Crippen molar-refractivity contribution >= 4 is 5.91 Å². The molecule has 4 nitrogen and oxygen atoms in total. The monoisotopic (exact) mass is 207 g/mol. The Labute approximate surface area is 89.9 Å². The third kappa shape index (κ3) is 5.12. The summed E-state index contributed by atoms with van der Waals surface area (Å²) in [4.78, 5) is 14.6. The lowest BCUT2D eigenvalue weighted by Crippen LogP contribution is -2.32. The molecule has 0 aliphatic rings. The topological polar surface area (TPSA) is 68.0 Å². The molecule has 0 radical (unpaired) electrons. The van der Waals surface area contributed by atoms with E-state index in [2.05, 4.69) is 10.3 Å². The molecule has 0 fully saturated rings. The number of hydrogen-bond donors (Lipinski definition) is 2. The van der Waals surface area contributed by atoms with Gasteiger partial charge in [-0.05, 0) is 31.5 Å². The predicted molar refractivity (Wildman–Crippen MR) is 59.2 cm³/mol. The number of carbonyl (C=O) groups excluding carboxylic acids is 1. The lowest BCUT2D eigenvalue weighted by Gasteiger charge is -2.11. The molecule has 82 valence electrons. The van der Waals surface area contributed by atoms with E-state index in [1.165, 1.54) is 5.56 Å². The van der Waals surface area contributed by atoms with Crippen molar-refractivity contribution < 1.29 is 4.79 Å². The second kappa shape index (κ2) is 6.14. The van der Waals surface area contributed by atoms with Crippen LogP contribution in [0, 0.1) is 0 Å². The quantitative estimate of drug-likeness (QED) is 0.713. The van der Waals surface area contributed by atoms with Gasteiger partial charge in [-0.15, -0.1) is 0 Å². The van der Waals surface area contributed by atoms with Crippen LogP contribution < -0.4 is 11.1 Å². The highest BCUT2D eigenvalue weighted by molar-refractivity contribution is 5.74. The number of pyridine rings is 1. The fourth-order valence-electron chi connectivity index (χ4n) is 1.38. The molecule has 1 atom stereocenters. The predicted octanol–water partition coefficient (Wildman–Crippen LogP) is 0.478. The molecule has 1 heterocycles. The number of nitrogens with one attached hydrogen (secondary N) is 1. The zero-order chi connectivity index (χ0) is 11.1. The van der Waals surface area contributed by atoms with Crippen LogP contribution in [0.3, 0.4) is 0 Å². The number of rotatable bonds is 6. The Hall–Kier alpha value is -1.42. The maximum absolute atomic E-state index is 10.6. The third-order valence-corrected chi connectivity index (χ3v) is 2.14. The zero-order valence-corrected chi connectivity index (χ0v) is 8.94. The van der Waals surface area contributed by atoms with Crippen molar-refractivity contribution in [1.82, 2.24) is 10.3 Å². The van der Waals surface area contributed by atoms with Gasteiger partial charge in [-0.2, -0.15) is 0 Å². The molecule has 1 rings (SSSR count). The Bertz CT molecular complexity index is 300. The van der Waals surface area contributed by atoms with Crippen molar-refractivity contribution in [1.29, 1.82) is 0 Å². The summed E-state index contributed by atoms with van der Waals surface area (Å²) >= 11 is 0. The Morgan fingerprint density at radius 2 is 2.47 bits per heavy atom. The van der Waals surface area contributed by atoms with Crippen molar-refractivity contribution in [3.63, 3.8) is 0 Å². The number of carbonyl (C=O) groups is 1. The van der Waals surface area contributed by atoms with Gasteiger partial charge in [-0.3, -0.25) is 9.78 Å². The Balaban J connectivity index is 2.19. The first-order chi connectivity index (χ1) is 7.18. The molecule has 15 heavy (non-hydrogen) atoms. The highest BCUT2D eigenvalue weighted by Crippen LogP contribution is 1.96. The minimum atomic E-state index is -0.267. The normalized spacial score (nSPS) is 12.3. The van der Waals surface area contributed by atoms with Crippen LogP contribution in [-0.2, 0) is 11.2 Å². The van der Waals surface area contributed by atoms with Gasteiger partial charge in [-0.25, -0.2) is 0 Å². The standard InChI is InChI=1S/C11H17N3O/c1-9(7-11(12)15)14-6-4-10-3-2-5-13-8-10/h2-3,5,8-9,14H,4,6-7H2,1H3,(H2,12,15). The van der Waals surface area contributed by atoms with E-state index >= 15 is 0 Å². The van der Waals surface area contributed by atoms with Crippen molar-refractivity contribution in [3.8, 4) is 0 Å². The van der Waals surface area contributed by atoms with Crippen molar-refractivity contribution in [2.75, 3.05) is 6.54 Å². The molecule has 4 heteroatoms. The third-order valence-electron chi connectivity index (χ3n) is 2.14. The number of aromatic nitrogens is 1. The van der Waals surface area contributed by atoms with E-state index < -0.39 is 0 Å². The molecule has 3 N–H and O–H groups in total. The molecule has 1 unspecified atom stereocenters. The lowest BCUT2D eigenvalue weighted by molar-refractivity contribution is -0.118. The summed E-state index contributed by atoms with van der Waals surface area (Å²) < 4.78 is 0. The zero-order valence-electron chi connectivity index (χ0n) is 8.94. The van der Waals surface area contributed by atoms with Crippen LogP contribution >= 0.6 is 0 Å². The molecule has 0 saturated heterocycles. The number of primary amides is 1. The van der Waals surface area contributed by atoms with E-state index in [4.69, 9.17) is 5.73 Å². The van der Waals surface area contributed by atoms with Gasteiger partial charge in [0.15, 0.2) is 0 Å².